The van der Waals surface area contributed by atoms with E-state index < -0.39 is 23.6 Å². The minimum atomic E-state index is -5.09. The number of rotatable bonds is 0. The van der Waals surface area contributed by atoms with Crippen LogP contribution in [-0.4, -0.2) is 12.4 Å². The van der Waals surface area contributed by atoms with E-state index in [9.17, 15) is 26.3 Å². The van der Waals surface area contributed by atoms with Crippen LogP contribution in [0.4, 0.5) is 26.3 Å². The SMILES string of the molecule is FC(F)(F)C1=C(C(F)(F)F)[N][C]=C1. The van der Waals surface area contributed by atoms with E-state index in [0.29, 0.717) is 0 Å². The maximum atomic E-state index is 11.9. The van der Waals surface area contributed by atoms with Crippen molar-refractivity contribution in [2.75, 3.05) is 0 Å². The van der Waals surface area contributed by atoms with Crippen LogP contribution in [0.2, 0.25) is 0 Å². The number of nitrogens with zero attached hydrogens (tertiary/aromatic N) is 1. The molecule has 0 aromatic carbocycles. The van der Waals surface area contributed by atoms with E-state index >= 15 is 0 Å². The fourth-order valence-corrected chi connectivity index (χ4v) is 0.722. The van der Waals surface area contributed by atoms with Crippen molar-refractivity contribution in [1.29, 1.82) is 0 Å². The summed E-state index contributed by atoms with van der Waals surface area (Å²) in [5.41, 5.74) is -3.75. The highest BCUT2D eigenvalue weighted by Crippen LogP contribution is 2.38. The summed E-state index contributed by atoms with van der Waals surface area (Å²) < 4.78 is 71.0. The molecule has 0 fully saturated rings. The summed E-state index contributed by atoms with van der Waals surface area (Å²) in [7, 11) is 0. The number of hydrogen-bond donors (Lipinski definition) is 0. The second-order valence-electron chi connectivity index (χ2n) is 2.14. The van der Waals surface area contributed by atoms with Gasteiger partial charge in [0.2, 0.25) is 0 Å². The molecule has 13 heavy (non-hydrogen) atoms. The summed E-state index contributed by atoms with van der Waals surface area (Å²) in [6.07, 6.45) is -8.45. The van der Waals surface area contributed by atoms with Gasteiger partial charge in [0, 0.05) is 0 Å². The van der Waals surface area contributed by atoms with Crippen molar-refractivity contribution < 1.29 is 26.3 Å². The zero-order chi connectivity index (χ0) is 10.3. The van der Waals surface area contributed by atoms with Gasteiger partial charge in [-0.25, -0.2) is 5.32 Å². The Balaban J connectivity index is 3.10. The van der Waals surface area contributed by atoms with Crippen LogP contribution in [0.3, 0.4) is 0 Å². The number of alkyl halides is 6. The molecule has 1 aliphatic rings. The van der Waals surface area contributed by atoms with E-state index in [1.165, 1.54) is 6.20 Å². The summed E-state index contributed by atoms with van der Waals surface area (Å²) in [5, 5.41) is 2.48. The van der Waals surface area contributed by atoms with Gasteiger partial charge in [-0.15, -0.1) is 0 Å². The molecule has 0 saturated heterocycles. The predicted octanol–water partition coefficient (Wildman–Crippen LogP) is 2.30. The van der Waals surface area contributed by atoms with E-state index in [1.807, 2.05) is 0 Å². The molecule has 1 aliphatic heterocycles. The first-order valence-electron chi connectivity index (χ1n) is 2.91. The summed E-state index contributed by atoms with van der Waals surface area (Å²) in [5.74, 6) is 0. The van der Waals surface area contributed by atoms with Crippen LogP contribution < -0.4 is 5.32 Å². The molecule has 7 heteroatoms. The zero-order valence-corrected chi connectivity index (χ0v) is 5.79. The van der Waals surface area contributed by atoms with Crippen LogP contribution >= 0.6 is 0 Å². The first-order chi connectivity index (χ1) is 5.73. The third kappa shape index (κ3) is 1.96. The first kappa shape index (κ1) is 9.94. The molecule has 0 amide bonds. The lowest BCUT2D eigenvalue weighted by atomic mass is 10.2. The molecular formula is C6HF6N. The molecule has 0 bridgehead atoms. The number of halogens is 6. The summed E-state index contributed by atoms with van der Waals surface area (Å²) in [6, 6.07) is 0. The third-order valence-corrected chi connectivity index (χ3v) is 1.21. The monoisotopic (exact) mass is 201 g/mol. The van der Waals surface area contributed by atoms with Crippen LogP contribution in [0.1, 0.15) is 0 Å². The van der Waals surface area contributed by atoms with E-state index in [1.54, 1.807) is 0 Å². The molecular weight excluding hydrogens is 200 g/mol. The van der Waals surface area contributed by atoms with Gasteiger partial charge in [0.25, 0.3) is 0 Å². The quantitative estimate of drug-likeness (QED) is 0.534. The van der Waals surface area contributed by atoms with Crippen LogP contribution in [0.25, 0.3) is 0 Å². The Morgan fingerprint density at radius 2 is 1.54 bits per heavy atom. The highest BCUT2D eigenvalue weighted by Gasteiger charge is 2.47. The van der Waals surface area contributed by atoms with Gasteiger partial charge >= 0.3 is 12.4 Å². The second-order valence-corrected chi connectivity index (χ2v) is 2.14. The van der Waals surface area contributed by atoms with Crippen LogP contribution in [0.5, 0.6) is 0 Å². The predicted molar refractivity (Wildman–Crippen MR) is 29.1 cm³/mol. The molecule has 0 aliphatic carbocycles. The van der Waals surface area contributed by atoms with Crippen LogP contribution in [0.15, 0.2) is 17.3 Å². The Hall–Kier alpha value is -1.14. The van der Waals surface area contributed by atoms with Crippen LogP contribution in [0, 0.1) is 6.20 Å². The molecule has 0 aromatic heterocycles. The van der Waals surface area contributed by atoms with Gasteiger partial charge < -0.3 is 0 Å². The molecule has 0 spiro atoms. The standard InChI is InChI=1S/C6HF6N/c7-5(8,9)3-1-2-13-4(3)6(10,11)12/h1H. The van der Waals surface area contributed by atoms with Crippen LogP contribution in [-0.2, 0) is 0 Å². The van der Waals surface area contributed by atoms with E-state index in [2.05, 4.69) is 5.32 Å². The second kappa shape index (κ2) is 2.68. The lowest BCUT2D eigenvalue weighted by Crippen LogP contribution is -2.22. The van der Waals surface area contributed by atoms with Crippen molar-refractivity contribution in [3.05, 3.63) is 23.5 Å². The Kier molecular flexibility index (Phi) is 2.05. The lowest BCUT2D eigenvalue weighted by molar-refractivity contribution is -0.114. The molecule has 1 rings (SSSR count). The minimum Gasteiger partial charge on any atom is -0.241 e. The summed E-state index contributed by atoms with van der Waals surface area (Å²) >= 11 is 0. The van der Waals surface area contributed by atoms with Gasteiger partial charge in [-0.1, -0.05) is 0 Å². The molecule has 72 valence electrons. The van der Waals surface area contributed by atoms with Gasteiger partial charge in [-0.3, -0.25) is 0 Å². The normalized spacial score (nSPS) is 18.0. The van der Waals surface area contributed by atoms with Gasteiger partial charge in [0.05, 0.1) is 11.8 Å². The molecule has 1 heterocycles. The maximum Gasteiger partial charge on any atom is 0.433 e. The molecule has 0 atom stereocenters. The van der Waals surface area contributed by atoms with E-state index in [4.69, 9.17) is 0 Å². The molecule has 0 aromatic rings. The fraction of sp³-hybridized carbons (Fsp3) is 0.333. The number of allylic oxidation sites excluding steroid dienone is 3. The van der Waals surface area contributed by atoms with Gasteiger partial charge in [0.1, 0.15) is 0 Å². The topological polar surface area (TPSA) is 14.1 Å². The van der Waals surface area contributed by atoms with E-state index in [-0.39, 0.29) is 6.08 Å². The molecule has 0 saturated carbocycles. The van der Waals surface area contributed by atoms with Gasteiger partial charge in [0.15, 0.2) is 5.70 Å². The van der Waals surface area contributed by atoms with Gasteiger partial charge in [-0.05, 0) is 6.08 Å². The van der Waals surface area contributed by atoms with Crippen molar-refractivity contribution in [1.82, 2.24) is 5.32 Å². The van der Waals surface area contributed by atoms with Crippen molar-refractivity contribution in [2.24, 2.45) is 0 Å². The average molecular weight is 201 g/mol. The average Bonchev–Trinajstić information content (AvgIpc) is 2.27. The summed E-state index contributed by atoms with van der Waals surface area (Å²) in [6.45, 7) is 0. The molecule has 0 unspecified atom stereocenters. The highest BCUT2D eigenvalue weighted by molar-refractivity contribution is 5.35. The Labute approximate surface area is 68.7 Å². The molecule has 0 N–H and O–H groups in total. The maximum absolute atomic E-state index is 11.9. The molecule has 1 nitrogen and oxygen atoms in total. The van der Waals surface area contributed by atoms with Gasteiger partial charge in [-0.2, -0.15) is 26.3 Å². The Bertz CT molecular complexity index is 268. The fourth-order valence-electron chi connectivity index (χ4n) is 0.722. The Morgan fingerprint density at radius 1 is 1.00 bits per heavy atom. The smallest absolute Gasteiger partial charge is 0.241 e. The summed E-state index contributed by atoms with van der Waals surface area (Å²) in [4.78, 5) is 0. The van der Waals surface area contributed by atoms with Crippen molar-refractivity contribution in [2.45, 2.75) is 12.4 Å². The zero-order valence-electron chi connectivity index (χ0n) is 5.79. The van der Waals surface area contributed by atoms with Crippen molar-refractivity contribution >= 4 is 0 Å². The first-order valence-corrected chi connectivity index (χ1v) is 2.91. The third-order valence-electron chi connectivity index (χ3n) is 1.21. The Morgan fingerprint density at radius 3 is 1.85 bits per heavy atom. The van der Waals surface area contributed by atoms with E-state index in [0.717, 1.165) is 0 Å². The minimum absolute atomic E-state index is 0.169. The molecule has 2 radical (unpaired) electrons. The lowest BCUT2D eigenvalue weighted by Gasteiger charge is -2.11. The number of hydrogen-bond acceptors (Lipinski definition) is 0. The highest BCUT2D eigenvalue weighted by atomic mass is 19.4. The largest absolute Gasteiger partial charge is 0.433 e. The van der Waals surface area contributed by atoms with Crippen molar-refractivity contribution in [3.8, 4) is 0 Å². The van der Waals surface area contributed by atoms with Crippen molar-refractivity contribution in [3.63, 3.8) is 0 Å².